The lowest BCUT2D eigenvalue weighted by Gasteiger charge is -2.57. The Bertz CT molecular complexity index is 512. The summed E-state index contributed by atoms with van der Waals surface area (Å²) in [5.74, 6) is 9.20. The van der Waals surface area contributed by atoms with Crippen molar-refractivity contribution in [2.75, 3.05) is 0 Å². The SMILES string of the molecule is CC.CCC1CCC2C(CCC3C2CCC2(C)C(CC(C)O)[C@H]4C[C@H]4C32)C1. The molecule has 11 atom stereocenters. The monoisotopic (exact) mass is 374 g/mol. The molecule has 1 heteroatoms. The number of aliphatic hydroxyl groups is 1. The molecule has 0 aromatic carbocycles. The fourth-order valence-corrected chi connectivity index (χ4v) is 9.25. The van der Waals surface area contributed by atoms with Gasteiger partial charge in [0.25, 0.3) is 0 Å². The van der Waals surface area contributed by atoms with E-state index in [-0.39, 0.29) is 6.10 Å². The molecule has 1 nitrogen and oxygen atoms in total. The predicted octanol–water partition coefficient (Wildman–Crippen LogP) is 6.93. The van der Waals surface area contributed by atoms with E-state index in [1.165, 1.54) is 32.1 Å². The first-order chi connectivity index (χ1) is 13.0. The minimum Gasteiger partial charge on any atom is -0.393 e. The van der Waals surface area contributed by atoms with Gasteiger partial charge in [-0.3, -0.25) is 0 Å². The Labute approximate surface area is 169 Å². The second-order valence-corrected chi connectivity index (χ2v) is 11.2. The molecule has 156 valence electrons. The summed E-state index contributed by atoms with van der Waals surface area (Å²) in [5, 5.41) is 10.1. The van der Waals surface area contributed by atoms with Crippen molar-refractivity contribution in [1.82, 2.24) is 0 Å². The molecule has 0 amide bonds. The Kier molecular flexibility index (Phi) is 5.74. The van der Waals surface area contributed by atoms with Crippen molar-refractivity contribution in [1.29, 1.82) is 0 Å². The Balaban J connectivity index is 0.000000872. The van der Waals surface area contributed by atoms with E-state index in [0.29, 0.717) is 5.41 Å². The molecule has 5 saturated carbocycles. The van der Waals surface area contributed by atoms with E-state index in [9.17, 15) is 5.11 Å². The molecule has 5 rings (SSSR count). The zero-order chi connectivity index (χ0) is 19.3. The van der Waals surface area contributed by atoms with Gasteiger partial charge >= 0.3 is 0 Å². The molecule has 0 aromatic heterocycles. The molecule has 9 unspecified atom stereocenters. The van der Waals surface area contributed by atoms with Crippen LogP contribution in [0.2, 0.25) is 0 Å². The number of hydrogen-bond donors (Lipinski definition) is 1. The van der Waals surface area contributed by atoms with Gasteiger partial charge in [0, 0.05) is 0 Å². The third kappa shape index (κ3) is 3.23. The lowest BCUT2D eigenvalue weighted by Crippen LogP contribution is -2.50. The molecular formula is C26H46O. The van der Waals surface area contributed by atoms with Crippen LogP contribution in [0.1, 0.15) is 98.8 Å². The summed E-state index contributed by atoms with van der Waals surface area (Å²) in [5.41, 5.74) is 0.569. The summed E-state index contributed by atoms with van der Waals surface area (Å²) in [7, 11) is 0. The van der Waals surface area contributed by atoms with Crippen molar-refractivity contribution in [3.63, 3.8) is 0 Å². The summed E-state index contributed by atoms with van der Waals surface area (Å²) < 4.78 is 0. The molecule has 5 aliphatic rings. The van der Waals surface area contributed by atoms with Crippen LogP contribution in [0, 0.1) is 58.7 Å². The Morgan fingerprint density at radius 3 is 2.33 bits per heavy atom. The van der Waals surface area contributed by atoms with Crippen molar-refractivity contribution in [2.24, 2.45) is 58.7 Å². The van der Waals surface area contributed by atoms with Crippen LogP contribution in [-0.2, 0) is 0 Å². The van der Waals surface area contributed by atoms with Crippen LogP contribution in [0.15, 0.2) is 0 Å². The van der Waals surface area contributed by atoms with Gasteiger partial charge in [-0.2, -0.15) is 0 Å². The Morgan fingerprint density at radius 2 is 1.63 bits per heavy atom. The van der Waals surface area contributed by atoms with Crippen LogP contribution in [0.3, 0.4) is 0 Å². The summed E-state index contributed by atoms with van der Waals surface area (Å²) >= 11 is 0. The van der Waals surface area contributed by atoms with Crippen LogP contribution < -0.4 is 0 Å². The normalized spacial score (nSPS) is 53.8. The van der Waals surface area contributed by atoms with Gasteiger partial charge < -0.3 is 5.11 Å². The van der Waals surface area contributed by atoms with Crippen LogP contribution in [0.5, 0.6) is 0 Å². The molecule has 0 spiro atoms. The third-order valence-electron chi connectivity index (χ3n) is 10.2. The average Bonchev–Trinajstić information content (AvgIpc) is 3.41. The van der Waals surface area contributed by atoms with E-state index < -0.39 is 0 Å². The zero-order valence-electron chi connectivity index (χ0n) is 18.8. The molecular weight excluding hydrogens is 328 g/mol. The van der Waals surface area contributed by atoms with Gasteiger partial charge in [0.2, 0.25) is 0 Å². The number of fused-ring (bicyclic) bond motifs is 7. The van der Waals surface area contributed by atoms with Gasteiger partial charge in [0.1, 0.15) is 0 Å². The minimum atomic E-state index is -0.0976. The summed E-state index contributed by atoms with van der Waals surface area (Å²) in [6.45, 7) is 11.1. The van der Waals surface area contributed by atoms with E-state index in [0.717, 1.165) is 59.7 Å². The molecule has 1 N–H and O–H groups in total. The van der Waals surface area contributed by atoms with E-state index in [1.54, 1.807) is 25.7 Å². The van der Waals surface area contributed by atoms with Gasteiger partial charge in [-0.25, -0.2) is 0 Å². The highest BCUT2D eigenvalue weighted by molar-refractivity contribution is 5.17. The zero-order valence-corrected chi connectivity index (χ0v) is 18.8. The maximum Gasteiger partial charge on any atom is 0.0515 e. The maximum absolute atomic E-state index is 10.1. The van der Waals surface area contributed by atoms with Gasteiger partial charge in [0.15, 0.2) is 0 Å². The van der Waals surface area contributed by atoms with E-state index in [4.69, 9.17) is 0 Å². The van der Waals surface area contributed by atoms with Crippen molar-refractivity contribution in [2.45, 2.75) is 105 Å². The van der Waals surface area contributed by atoms with E-state index in [2.05, 4.69) is 13.8 Å². The molecule has 0 aliphatic heterocycles. The van der Waals surface area contributed by atoms with Crippen LogP contribution >= 0.6 is 0 Å². The second-order valence-electron chi connectivity index (χ2n) is 11.2. The molecule has 27 heavy (non-hydrogen) atoms. The molecule has 0 aromatic rings. The first-order valence-electron chi connectivity index (χ1n) is 12.7. The average molecular weight is 375 g/mol. The molecule has 0 radical (unpaired) electrons. The van der Waals surface area contributed by atoms with Crippen LogP contribution in [-0.4, -0.2) is 11.2 Å². The highest BCUT2D eigenvalue weighted by atomic mass is 16.3. The molecule has 0 heterocycles. The van der Waals surface area contributed by atoms with E-state index >= 15 is 0 Å². The number of aliphatic hydroxyl groups excluding tert-OH is 1. The first kappa shape index (κ1) is 20.2. The molecule has 0 bridgehead atoms. The largest absolute Gasteiger partial charge is 0.393 e. The standard InChI is InChI=1S/C24H40O.C2H6/c1-4-15-5-7-17-16(12-15)6-8-19-18(17)9-10-24(3)22(11-14(2)25)20-13-21(20)23(19)24;1-2/h14-23,25H,4-13H2,1-3H3;1-2H3/t14?,15?,16?,17?,18?,19?,20-,21+,22?,23?,24?;/m0./s1. The number of hydrogen-bond acceptors (Lipinski definition) is 1. The Morgan fingerprint density at radius 1 is 0.889 bits per heavy atom. The van der Waals surface area contributed by atoms with Gasteiger partial charge in [-0.05, 0) is 117 Å². The number of rotatable bonds is 3. The van der Waals surface area contributed by atoms with Crippen LogP contribution in [0.25, 0.3) is 0 Å². The topological polar surface area (TPSA) is 20.2 Å². The molecule has 0 saturated heterocycles. The van der Waals surface area contributed by atoms with Gasteiger partial charge in [0.05, 0.1) is 6.10 Å². The second kappa shape index (κ2) is 7.66. The van der Waals surface area contributed by atoms with Crippen LogP contribution in [0.4, 0.5) is 0 Å². The van der Waals surface area contributed by atoms with Gasteiger partial charge in [-0.15, -0.1) is 0 Å². The summed E-state index contributed by atoms with van der Waals surface area (Å²) in [6.07, 6.45) is 14.6. The maximum atomic E-state index is 10.1. The molecule has 5 aliphatic carbocycles. The fraction of sp³-hybridized carbons (Fsp3) is 1.00. The van der Waals surface area contributed by atoms with E-state index in [1.807, 2.05) is 20.8 Å². The highest BCUT2D eigenvalue weighted by Crippen LogP contribution is 2.75. The smallest absolute Gasteiger partial charge is 0.0515 e. The lowest BCUT2D eigenvalue weighted by molar-refractivity contribution is -0.0849. The third-order valence-corrected chi connectivity index (χ3v) is 10.2. The van der Waals surface area contributed by atoms with Crippen molar-refractivity contribution in [3.05, 3.63) is 0 Å². The van der Waals surface area contributed by atoms with Crippen molar-refractivity contribution in [3.8, 4) is 0 Å². The minimum absolute atomic E-state index is 0.0976. The van der Waals surface area contributed by atoms with Crippen molar-refractivity contribution < 1.29 is 5.11 Å². The van der Waals surface area contributed by atoms with Crippen molar-refractivity contribution >= 4 is 0 Å². The summed E-state index contributed by atoms with van der Waals surface area (Å²) in [4.78, 5) is 0. The fourth-order valence-electron chi connectivity index (χ4n) is 9.25. The summed E-state index contributed by atoms with van der Waals surface area (Å²) in [6, 6.07) is 0. The Hall–Kier alpha value is -0.0400. The lowest BCUT2D eigenvalue weighted by atomic mass is 9.48. The quantitative estimate of drug-likeness (QED) is 0.567. The molecule has 5 fully saturated rings. The van der Waals surface area contributed by atoms with Gasteiger partial charge in [-0.1, -0.05) is 40.5 Å². The first-order valence-corrected chi connectivity index (χ1v) is 12.7. The highest BCUT2D eigenvalue weighted by Gasteiger charge is 2.68. The predicted molar refractivity (Wildman–Crippen MR) is 114 cm³/mol.